The molecule has 27 heavy (non-hydrogen) atoms. The lowest BCUT2D eigenvalue weighted by molar-refractivity contribution is -0.142. The van der Waals surface area contributed by atoms with E-state index >= 15 is 0 Å². The Balaban J connectivity index is 1.52. The van der Waals surface area contributed by atoms with Crippen LogP contribution in [0.2, 0.25) is 0 Å². The van der Waals surface area contributed by atoms with Gasteiger partial charge < -0.3 is 10.0 Å². The van der Waals surface area contributed by atoms with Crippen LogP contribution in [0.25, 0.3) is 0 Å². The average Bonchev–Trinajstić information content (AvgIpc) is 3.54. The number of aliphatic hydroxyl groups excluding tert-OH is 1. The van der Waals surface area contributed by atoms with Gasteiger partial charge in [0.05, 0.1) is 5.41 Å². The number of aliphatic hydroxyl groups is 1. The Hall–Kier alpha value is -1.39. The molecule has 4 nitrogen and oxygen atoms in total. The first-order chi connectivity index (χ1) is 13.2. The maximum Gasteiger partial charge on any atom is 0.233 e. The first-order valence-electron chi connectivity index (χ1n) is 10.9. The topological polar surface area (TPSA) is 43.8 Å². The van der Waals surface area contributed by atoms with Gasteiger partial charge in [0.15, 0.2) is 0 Å². The predicted molar refractivity (Wildman–Crippen MR) is 108 cm³/mol. The van der Waals surface area contributed by atoms with Crippen LogP contribution < -0.4 is 0 Å². The lowest BCUT2D eigenvalue weighted by Gasteiger charge is -2.46. The molecule has 1 N–H and O–H groups in total. The third kappa shape index (κ3) is 4.07. The number of piperazine rings is 1. The fourth-order valence-corrected chi connectivity index (χ4v) is 5.21. The zero-order valence-corrected chi connectivity index (χ0v) is 16.5. The van der Waals surface area contributed by atoms with Crippen LogP contribution in [0.4, 0.5) is 0 Å². The van der Waals surface area contributed by atoms with E-state index in [9.17, 15) is 9.90 Å². The minimum Gasteiger partial charge on any atom is -0.396 e. The summed E-state index contributed by atoms with van der Waals surface area (Å²) in [5.74, 6) is 1.19. The third-order valence-electron chi connectivity index (χ3n) is 6.99. The number of hydrogen-bond acceptors (Lipinski definition) is 3. The van der Waals surface area contributed by atoms with E-state index in [1.165, 1.54) is 24.8 Å². The maximum absolute atomic E-state index is 13.8. The van der Waals surface area contributed by atoms with Crippen molar-refractivity contribution in [2.24, 2.45) is 5.92 Å². The number of benzene rings is 1. The normalized spacial score (nSPS) is 26.1. The molecule has 4 heteroatoms. The van der Waals surface area contributed by atoms with Crippen LogP contribution in [0.3, 0.4) is 0 Å². The van der Waals surface area contributed by atoms with Gasteiger partial charge in [0.1, 0.15) is 0 Å². The molecule has 1 saturated heterocycles. The summed E-state index contributed by atoms with van der Waals surface area (Å²) in [6.45, 7) is 3.93. The van der Waals surface area contributed by atoms with Crippen molar-refractivity contribution in [2.75, 3.05) is 32.8 Å². The highest BCUT2D eigenvalue weighted by Gasteiger charge is 2.45. The largest absolute Gasteiger partial charge is 0.396 e. The minimum atomic E-state index is -0.331. The second kappa shape index (κ2) is 8.32. The molecule has 0 unspecified atom stereocenters. The molecule has 0 aromatic heterocycles. The van der Waals surface area contributed by atoms with Gasteiger partial charge in [-0.3, -0.25) is 9.69 Å². The van der Waals surface area contributed by atoms with Crippen LogP contribution in [-0.4, -0.2) is 59.6 Å². The van der Waals surface area contributed by atoms with Crippen LogP contribution in [0.5, 0.6) is 0 Å². The molecule has 1 aliphatic heterocycles. The molecule has 2 aliphatic carbocycles. The lowest BCUT2D eigenvalue weighted by atomic mass is 9.68. The number of hydrogen-bond donors (Lipinski definition) is 1. The van der Waals surface area contributed by atoms with E-state index in [1.54, 1.807) is 0 Å². The fourth-order valence-electron chi connectivity index (χ4n) is 5.21. The van der Waals surface area contributed by atoms with Gasteiger partial charge in [0, 0.05) is 38.8 Å². The van der Waals surface area contributed by atoms with Gasteiger partial charge in [-0.15, -0.1) is 0 Å². The van der Waals surface area contributed by atoms with Gasteiger partial charge in [0.25, 0.3) is 0 Å². The summed E-state index contributed by atoms with van der Waals surface area (Å²) in [7, 11) is 0. The SMILES string of the molecule is O=C(N1CCN(CC2CC2)[C@@H](CCO)C1)C1(c2ccccc2)CCCCC1. The molecule has 1 heterocycles. The van der Waals surface area contributed by atoms with Crippen LogP contribution in [0, 0.1) is 5.92 Å². The van der Waals surface area contributed by atoms with Crippen molar-refractivity contribution in [1.29, 1.82) is 0 Å². The molecule has 3 aliphatic rings. The monoisotopic (exact) mass is 370 g/mol. The molecule has 1 aromatic carbocycles. The molecule has 0 bridgehead atoms. The summed E-state index contributed by atoms with van der Waals surface area (Å²) >= 11 is 0. The van der Waals surface area contributed by atoms with E-state index < -0.39 is 0 Å². The van der Waals surface area contributed by atoms with Gasteiger partial charge in [0.2, 0.25) is 5.91 Å². The van der Waals surface area contributed by atoms with Crippen molar-refractivity contribution in [3.63, 3.8) is 0 Å². The quantitative estimate of drug-likeness (QED) is 0.836. The van der Waals surface area contributed by atoms with E-state index in [-0.39, 0.29) is 12.0 Å². The zero-order chi connectivity index (χ0) is 18.7. The molecular formula is C23H34N2O2. The Morgan fingerprint density at radius 3 is 2.48 bits per heavy atom. The summed E-state index contributed by atoms with van der Waals surface area (Å²) in [6.07, 6.45) is 8.94. The summed E-state index contributed by atoms with van der Waals surface area (Å²) in [5, 5.41) is 9.56. The first-order valence-corrected chi connectivity index (χ1v) is 10.9. The Kier molecular flexibility index (Phi) is 5.84. The van der Waals surface area contributed by atoms with E-state index in [4.69, 9.17) is 0 Å². The smallest absolute Gasteiger partial charge is 0.233 e. The average molecular weight is 371 g/mol. The second-order valence-corrected chi connectivity index (χ2v) is 8.86. The first kappa shape index (κ1) is 18.9. The van der Waals surface area contributed by atoms with Crippen molar-refractivity contribution in [3.8, 4) is 0 Å². The summed E-state index contributed by atoms with van der Waals surface area (Å²) in [4.78, 5) is 18.5. The van der Waals surface area contributed by atoms with E-state index in [1.807, 2.05) is 6.07 Å². The summed E-state index contributed by atoms with van der Waals surface area (Å²) < 4.78 is 0. The van der Waals surface area contributed by atoms with E-state index in [0.717, 1.165) is 64.2 Å². The molecule has 2 saturated carbocycles. The molecular weight excluding hydrogens is 336 g/mol. The number of carbonyl (C=O) groups excluding carboxylic acids is 1. The number of carbonyl (C=O) groups is 1. The highest BCUT2D eigenvalue weighted by atomic mass is 16.3. The van der Waals surface area contributed by atoms with E-state index in [2.05, 4.69) is 34.1 Å². The van der Waals surface area contributed by atoms with Gasteiger partial charge in [-0.05, 0) is 43.6 Å². The number of nitrogens with zero attached hydrogens (tertiary/aromatic N) is 2. The molecule has 148 valence electrons. The number of rotatable bonds is 6. The van der Waals surface area contributed by atoms with Crippen molar-refractivity contribution in [1.82, 2.24) is 9.80 Å². The van der Waals surface area contributed by atoms with E-state index in [0.29, 0.717) is 11.9 Å². The van der Waals surface area contributed by atoms with Crippen LogP contribution in [-0.2, 0) is 10.2 Å². The molecule has 1 atom stereocenters. The van der Waals surface area contributed by atoms with Crippen LogP contribution >= 0.6 is 0 Å². The van der Waals surface area contributed by atoms with Crippen molar-refractivity contribution in [2.45, 2.75) is 62.8 Å². The molecule has 0 radical (unpaired) electrons. The molecule has 4 rings (SSSR count). The zero-order valence-electron chi connectivity index (χ0n) is 16.5. The Morgan fingerprint density at radius 1 is 1.07 bits per heavy atom. The summed E-state index contributed by atoms with van der Waals surface area (Å²) in [6, 6.07) is 10.8. The van der Waals surface area contributed by atoms with Crippen LogP contribution in [0.1, 0.15) is 56.9 Å². The van der Waals surface area contributed by atoms with Gasteiger partial charge in [-0.25, -0.2) is 0 Å². The molecule has 1 aromatic rings. The van der Waals surface area contributed by atoms with Crippen molar-refractivity contribution < 1.29 is 9.90 Å². The number of amides is 1. The van der Waals surface area contributed by atoms with Gasteiger partial charge in [-0.1, -0.05) is 49.6 Å². The fraction of sp³-hybridized carbons (Fsp3) is 0.696. The highest BCUT2D eigenvalue weighted by molar-refractivity contribution is 5.88. The van der Waals surface area contributed by atoms with Gasteiger partial charge >= 0.3 is 0 Å². The van der Waals surface area contributed by atoms with Crippen molar-refractivity contribution >= 4 is 5.91 Å². The summed E-state index contributed by atoms with van der Waals surface area (Å²) in [5.41, 5.74) is 0.871. The predicted octanol–water partition coefficient (Wildman–Crippen LogP) is 3.19. The highest BCUT2D eigenvalue weighted by Crippen LogP contribution is 2.41. The van der Waals surface area contributed by atoms with Gasteiger partial charge in [-0.2, -0.15) is 0 Å². The standard InChI is InChI=1S/C23H34N2O2/c26-16-11-21-18-25(15-14-24(21)17-19-9-10-19)22(27)23(12-5-2-6-13-23)20-7-3-1-4-8-20/h1,3-4,7-8,19,21,26H,2,5-6,9-18H2/t21-/m0/s1. The lowest BCUT2D eigenvalue weighted by Crippen LogP contribution is -2.59. The molecule has 1 amide bonds. The minimum absolute atomic E-state index is 0.206. The maximum atomic E-state index is 13.8. The second-order valence-electron chi connectivity index (χ2n) is 8.86. The van der Waals surface area contributed by atoms with Crippen molar-refractivity contribution in [3.05, 3.63) is 35.9 Å². The van der Waals surface area contributed by atoms with Crippen LogP contribution in [0.15, 0.2) is 30.3 Å². The molecule has 3 fully saturated rings. The molecule has 0 spiro atoms. The Labute approximate surface area is 163 Å². The third-order valence-corrected chi connectivity index (χ3v) is 6.99. The Morgan fingerprint density at radius 2 is 1.81 bits per heavy atom. The Bertz CT molecular complexity index is 623.